The predicted molar refractivity (Wildman–Crippen MR) is 93.6 cm³/mol. The normalized spacial score (nSPS) is 11.0. The van der Waals surface area contributed by atoms with Gasteiger partial charge in [0.25, 0.3) is 5.91 Å². The van der Waals surface area contributed by atoms with Crippen LogP contribution in [0.1, 0.15) is 17.3 Å². The fourth-order valence-corrected chi connectivity index (χ4v) is 2.62. The summed E-state index contributed by atoms with van der Waals surface area (Å²) < 4.78 is 42.1. The smallest absolute Gasteiger partial charge is 0.446 e. The van der Waals surface area contributed by atoms with Crippen LogP contribution in [0.5, 0.6) is 5.75 Å². The van der Waals surface area contributed by atoms with E-state index in [-0.39, 0.29) is 28.1 Å². The third-order valence-corrected chi connectivity index (χ3v) is 3.86. The Labute approximate surface area is 151 Å². The molecule has 0 radical (unpaired) electrons. The second kappa shape index (κ2) is 8.13. The van der Waals surface area contributed by atoms with Gasteiger partial charge >= 0.3 is 5.51 Å². The Bertz CT molecular complexity index is 808. The zero-order chi connectivity index (χ0) is 19.3. The van der Waals surface area contributed by atoms with Gasteiger partial charge in [0.15, 0.2) is 0 Å². The monoisotopic (exact) mass is 384 g/mol. The molecule has 0 heterocycles. The minimum Gasteiger partial charge on any atom is -0.495 e. The molecule has 2 N–H and O–H groups in total. The number of hydrogen-bond acceptors (Lipinski definition) is 4. The number of carbonyl (C=O) groups is 2. The lowest BCUT2D eigenvalue weighted by molar-refractivity contribution is -0.114. The number of carbonyl (C=O) groups excluding carboxylic acids is 2. The van der Waals surface area contributed by atoms with Crippen molar-refractivity contribution in [2.75, 3.05) is 17.7 Å². The van der Waals surface area contributed by atoms with Crippen molar-refractivity contribution in [3.05, 3.63) is 48.0 Å². The first-order chi connectivity index (χ1) is 12.2. The van der Waals surface area contributed by atoms with E-state index in [2.05, 4.69) is 10.6 Å². The number of thioether (sulfide) groups is 1. The van der Waals surface area contributed by atoms with E-state index < -0.39 is 11.4 Å². The van der Waals surface area contributed by atoms with Crippen LogP contribution in [0.4, 0.5) is 24.5 Å². The van der Waals surface area contributed by atoms with E-state index in [9.17, 15) is 22.8 Å². The van der Waals surface area contributed by atoms with Crippen molar-refractivity contribution in [1.82, 2.24) is 0 Å². The van der Waals surface area contributed by atoms with E-state index >= 15 is 0 Å². The van der Waals surface area contributed by atoms with Gasteiger partial charge in [-0.1, -0.05) is 0 Å². The number of nitrogens with one attached hydrogen (secondary N) is 2. The zero-order valence-corrected chi connectivity index (χ0v) is 14.6. The molecule has 0 aromatic heterocycles. The summed E-state index contributed by atoms with van der Waals surface area (Å²) in [6, 6.07) is 9.74. The number of halogens is 3. The van der Waals surface area contributed by atoms with Crippen LogP contribution in [0.3, 0.4) is 0 Å². The highest BCUT2D eigenvalue weighted by Gasteiger charge is 2.29. The van der Waals surface area contributed by atoms with Gasteiger partial charge in [-0.3, -0.25) is 9.59 Å². The Kier molecular flexibility index (Phi) is 6.14. The molecule has 0 unspecified atom stereocenters. The van der Waals surface area contributed by atoms with Crippen LogP contribution >= 0.6 is 11.8 Å². The highest BCUT2D eigenvalue weighted by atomic mass is 32.2. The van der Waals surface area contributed by atoms with Crippen LogP contribution in [0.15, 0.2) is 47.4 Å². The van der Waals surface area contributed by atoms with Crippen LogP contribution in [-0.4, -0.2) is 24.4 Å². The molecule has 5 nitrogen and oxygen atoms in total. The van der Waals surface area contributed by atoms with Gasteiger partial charge in [0.05, 0.1) is 12.8 Å². The summed E-state index contributed by atoms with van der Waals surface area (Å²) in [6.07, 6.45) is 0. The summed E-state index contributed by atoms with van der Waals surface area (Å²) >= 11 is -0.249. The molecule has 0 spiro atoms. The quantitative estimate of drug-likeness (QED) is 0.744. The van der Waals surface area contributed by atoms with Crippen LogP contribution in [0.25, 0.3) is 0 Å². The molecule has 9 heteroatoms. The standard InChI is InChI=1S/C17H15F3N2O3S/c1-10(23)21-14-9-12(5-8-15(14)25-2)22-16(24)11-3-6-13(7-4-11)26-17(18,19)20/h3-9H,1-2H3,(H,21,23)(H,22,24). The maximum Gasteiger partial charge on any atom is 0.446 e. The average molecular weight is 384 g/mol. The van der Waals surface area contributed by atoms with Gasteiger partial charge in [-0.05, 0) is 54.2 Å². The second-order valence-electron chi connectivity index (χ2n) is 5.12. The zero-order valence-electron chi connectivity index (χ0n) is 13.8. The van der Waals surface area contributed by atoms with E-state index in [4.69, 9.17) is 4.74 Å². The lowest BCUT2D eigenvalue weighted by Gasteiger charge is -2.12. The van der Waals surface area contributed by atoms with Gasteiger partial charge in [-0.25, -0.2) is 0 Å². The fourth-order valence-electron chi connectivity index (χ4n) is 2.08. The molecule has 2 amide bonds. The van der Waals surface area contributed by atoms with Crippen LogP contribution < -0.4 is 15.4 Å². The number of methoxy groups -OCH3 is 1. The summed E-state index contributed by atoms with van der Waals surface area (Å²) in [5.74, 6) is -0.372. The third kappa shape index (κ3) is 5.69. The summed E-state index contributed by atoms with van der Waals surface area (Å²) in [6.45, 7) is 1.34. The molecule has 0 saturated carbocycles. The SMILES string of the molecule is COc1ccc(NC(=O)c2ccc(SC(F)(F)F)cc2)cc1NC(C)=O. The maximum atomic E-state index is 12.3. The molecule has 2 aromatic carbocycles. The number of hydrogen-bond donors (Lipinski definition) is 2. The molecule has 0 aliphatic heterocycles. The number of alkyl halides is 3. The molecule has 2 aromatic rings. The first-order valence-corrected chi connectivity index (χ1v) is 8.12. The highest BCUT2D eigenvalue weighted by Crippen LogP contribution is 2.36. The Morgan fingerprint density at radius 3 is 2.23 bits per heavy atom. The number of anilines is 2. The second-order valence-corrected chi connectivity index (χ2v) is 6.26. The predicted octanol–water partition coefficient (Wildman–Crippen LogP) is 4.52. The molecule has 0 atom stereocenters. The van der Waals surface area contributed by atoms with Gasteiger partial charge in [0, 0.05) is 23.1 Å². The van der Waals surface area contributed by atoms with Gasteiger partial charge in [0.1, 0.15) is 5.75 Å². The van der Waals surface area contributed by atoms with Gasteiger partial charge in [0.2, 0.25) is 5.91 Å². The molecule has 2 rings (SSSR count). The van der Waals surface area contributed by atoms with Crippen molar-refractivity contribution >= 4 is 35.0 Å². The minimum absolute atomic E-state index is 0.00792. The molecule has 0 bridgehead atoms. The van der Waals surface area contributed by atoms with Gasteiger partial charge < -0.3 is 15.4 Å². The van der Waals surface area contributed by atoms with Crippen LogP contribution in [0.2, 0.25) is 0 Å². The lowest BCUT2D eigenvalue weighted by atomic mass is 10.2. The van der Waals surface area contributed by atoms with Crippen LogP contribution in [0, 0.1) is 0 Å². The average Bonchev–Trinajstić information content (AvgIpc) is 2.53. The van der Waals surface area contributed by atoms with Crippen molar-refractivity contribution in [2.24, 2.45) is 0 Å². The van der Waals surface area contributed by atoms with Crippen molar-refractivity contribution in [1.29, 1.82) is 0 Å². The first kappa shape index (κ1) is 19.6. The van der Waals surface area contributed by atoms with Gasteiger partial charge in [-0.15, -0.1) is 0 Å². The Balaban J connectivity index is 2.13. The summed E-state index contributed by atoms with van der Waals surface area (Å²) in [5, 5.41) is 5.20. The summed E-state index contributed by atoms with van der Waals surface area (Å²) in [7, 11) is 1.44. The van der Waals surface area contributed by atoms with Crippen LogP contribution in [-0.2, 0) is 4.79 Å². The molecule has 0 aliphatic rings. The van der Waals surface area contributed by atoms with Crippen molar-refractivity contribution in [2.45, 2.75) is 17.3 Å². The Morgan fingerprint density at radius 2 is 1.69 bits per heavy atom. The van der Waals surface area contributed by atoms with Crippen molar-refractivity contribution in [3.63, 3.8) is 0 Å². The van der Waals surface area contributed by atoms with E-state index in [1.54, 1.807) is 12.1 Å². The molecule has 26 heavy (non-hydrogen) atoms. The highest BCUT2D eigenvalue weighted by molar-refractivity contribution is 8.00. The lowest BCUT2D eigenvalue weighted by Crippen LogP contribution is -2.13. The summed E-state index contributed by atoms with van der Waals surface area (Å²) in [4.78, 5) is 23.5. The molecule has 138 valence electrons. The molecule has 0 fully saturated rings. The van der Waals surface area contributed by atoms with Gasteiger partial charge in [-0.2, -0.15) is 13.2 Å². The number of amides is 2. The topological polar surface area (TPSA) is 67.4 Å². The minimum atomic E-state index is -4.38. The third-order valence-electron chi connectivity index (χ3n) is 3.12. The largest absolute Gasteiger partial charge is 0.495 e. The fraction of sp³-hybridized carbons (Fsp3) is 0.176. The van der Waals surface area contributed by atoms with Crippen molar-refractivity contribution in [3.8, 4) is 5.75 Å². The van der Waals surface area contributed by atoms with Crippen molar-refractivity contribution < 1.29 is 27.5 Å². The van der Waals surface area contributed by atoms with E-state index in [1.165, 1.54) is 44.4 Å². The Morgan fingerprint density at radius 1 is 1.04 bits per heavy atom. The molecular formula is C17H15F3N2O3S. The number of ether oxygens (including phenoxy) is 1. The van der Waals surface area contributed by atoms with E-state index in [1.807, 2.05) is 0 Å². The number of benzene rings is 2. The van der Waals surface area contributed by atoms with E-state index in [0.29, 0.717) is 17.1 Å². The first-order valence-electron chi connectivity index (χ1n) is 7.31. The molecule has 0 saturated heterocycles. The number of rotatable bonds is 5. The molecule has 0 aliphatic carbocycles. The maximum absolute atomic E-state index is 12.3. The van der Waals surface area contributed by atoms with E-state index in [0.717, 1.165) is 0 Å². The Hall–Kier alpha value is -2.68. The summed E-state index contributed by atoms with van der Waals surface area (Å²) in [5.41, 5.74) is -3.40. The molecular weight excluding hydrogens is 369 g/mol.